The molecule has 0 bridgehead atoms. The molecular formula is C11H10ClN3O4. The average Bonchev–Trinajstić information content (AvgIpc) is 2.60. The summed E-state index contributed by atoms with van der Waals surface area (Å²) in [4.78, 5) is 40.2. The smallest absolute Gasteiger partial charge is 0.328 e. The van der Waals surface area contributed by atoms with Gasteiger partial charge in [-0.1, -0.05) is 17.2 Å². The summed E-state index contributed by atoms with van der Waals surface area (Å²) in [6.07, 6.45) is -0.102. The van der Waals surface area contributed by atoms with E-state index < -0.39 is 17.7 Å². The number of hydrogen-bond donors (Lipinski definition) is 2. The molecule has 0 aliphatic carbocycles. The maximum atomic E-state index is 11.8. The molecule has 0 fully saturated rings. The van der Waals surface area contributed by atoms with Gasteiger partial charge >= 0.3 is 5.97 Å². The van der Waals surface area contributed by atoms with Crippen LogP contribution in [0.5, 0.6) is 0 Å². The monoisotopic (exact) mass is 283 g/mol. The van der Waals surface area contributed by atoms with Gasteiger partial charge in [-0.25, -0.2) is 5.84 Å². The summed E-state index contributed by atoms with van der Waals surface area (Å²) in [6.45, 7) is 0.0123. The van der Waals surface area contributed by atoms with Gasteiger partial charge in [-0.3, -0.25) is 14.4 Å². The number of nitrogens with two attached hydrogens (primary N) is 1. The number of Topliss-reactive ketones (excluding diaryl/α,β-unsaturated/α-hetero) is 1. The number of ketones is 1. The number of halogens is 1. The molecule has 0 spiro atoms. The van der Waals surface area contributed by atoms with E-state index in [9.17, 15) is 14.4 Å². The van der Waals surface area contributed by atoms with E-state index in [1.807, 2.05) is 0 Å². The van der Waals surface area contributed by atoms with Gasteiger partial charge in [0.2, 0.25) is 0 Å². The van der Waals surface area contributed by atoms with Crippen molar-refractivity contribution in [3.8, 4) is 0 Å². The zero-order valence-corrected chi connectivity index (χ0v) is 10.4. The lowest BCUT2D eigenvalue weighted by Gasteiger charge is -2.15. The van der Waals surface area contributed by atoms with E-state index in [2.05, 4.69) is 4.84 Å². The maximum Gasteiger partial charge on any atom is 0.328 e. The van der Waals surface area contributed by atoms with Gasteiger partial charge in [0.25, 0.3) is 11.7 Å². The third kappa shape index (κ3) is 2.58. The van der Waals surface area contributed by atoms with Gasteiger partial charge in [0.15, 0.2) is 0 Å². The maximum absolute atomic E-state index is 11.8. The summed E-state index contributed by atoms with van der Waals surface area (Å²) in [5, 5.41) is 0.400. The molecule has 0 saturated carbocycles. The second-order valence-corrected chi connectivity index (χ2v) is 4.23. The summed E-state index contributed by atoms with van der Waals surface area (Å²) in [5.41, 5.74) is 2.43. The van der Waals surface area contributed by atoms with E-state index in [0.29, 0.717) is 10.7 Å². The number of fused-ring (bicyclic) bond motifs is 1. The second-order valence-electron chi connectivity index (χ2n) is 3.79. The van der Waals surface area contributed by atoms with Crippen molar-refractivity contribution in [2.75, 3.05) is 11.4 Å². The first-order valence-corrected chi connectivity index (χ1v) is 5.73. The number of carbonyl (C=O) groups excluding carboxylic acids is 3. The number of nitrogens with one attached hydrogen (secondary N) is 1. The standard InChI is InChI=1S/C11H10ClN3O4/c12-6-1-2-7-8(5-6)15(11(18)10(7)17)4-3-9(16)19-14-13/h1-2,5,14H,3-4,13H2. The topological polar surface area (TPSA) is 102 Å². The molecule has 0 saturated heterocycles. The van der Waals surface area contributed by atoms with E-state index >= 15 is 0 Å². The van der Waals surface area contributed by atoms with E-state index in [4.69, 9.17) is 17.4 Å². The van der Waals surface area contributed by atoms with E-state index in [1.54, 1.807) is 5.59 Å². The minimum absolute atomic E-state index is 0.0123. The van der Waals surface area contributed by atoms with E-state index in [-0.39, 0.29) is 18.5 Å². The van der Waals surface area contributed by atoms with Gasteiger partial charge in [-0.05, 0) is 18.2 Å². The molecule has 3 N–H and O–H groups in total. The Labute approximate surface area is 113 Å². The van der Waals surface area contributed by atoms with Gasteiger partial charge in [-0.15, -0.1) is 0 Å². The van der Waals surface area contributed by atoms with Crippen molar-refractivity contribution < 1.29 is 19.2 Å². The quantitative estimate of drug-likeness (QED) is 0.464. The Bertz CT molecular complexity index is 561. The number of rotatable bonds is 4. The number of benzene rings is 1. The van der Waals surface area contributed by atoms with Crippen LogP contribution in [0.25, 0.3) is 0 Å². The molecule has 1 aliphatic rings. The van der Waals surface area contributed by atoms with Crippen molar-refractivity contribution in [2.24, 2.45) is 5.84 Å². The molecule has 100 valence electrons. The third-order valence-electron chi connectivity index (χ3n) is 2.65. The van der Waals surface area contributed by atoms with Crippen LogP contribution in [0, 0.1) is 0 Å². The van der Waals surface area contributed by atoms with Gasteiger partial charge < -0.3 is 9.74 Å². The van der Waals surface area contributed by atoms with Crippen molar-refractivity contribution in [3.05, 3.63) is 28.8 Å². The molecule has 1 amide bonds. The van der Waals surface area contributed by atoms with Crippen LogP contribution < -0.4 is 16.3 Å². The number of carbonyl (C=O) groups is 3. The summed E-state index contributed by atoms with van der Waals surface area (Å²) >= 11 is 5.83. The van der Waals surface area contributed by atoms with Crippen molar-refractivity contribution in [1.82, 2.24) is 5.59 Å². The van der Waals surface area contributed by atoms with Crippen molar-refractivity contribution in [2.45, 2.75) is 6.42 Å². The van der Waals surface area contributed by atoms with Gasteiger partial charge in [-0.2, -0.15) is 0 Å². The largest absolute Gasteiger partial charge is 0.356 e. The molecule has 7 nitrogen and oxygen atoms in total. The van der Waals surface area contributed by atoms with E-state index in [1.165, 1.54) is 23.1 Å². The predicted octanol–water partition coefficient (Wildman–Crippen LogP) is 0.181. The Morgan fingerprint density at radius 3 is 2.84 bits per heavy atom. The zero-order valence-electron chi connectivity index (χ0n) is 9.68. The zero-order chi connectivity index (χ0) is 14.0. The summed E-state index contributed by atoms with van der Waals surface area (Å²) in [5.74, 6) is 2.87. The number of hydrazine groups is 1. The number of amides is 1. The molecule has 1 heterocycles. The predicted molar refractivity (Wildman–Crippen MR) is 66.2 cm³/mol. The SMILES string of the molecule is NNOC(=O)CCN1C(=O)C(=O)c2ccc(Cl)cc21. The first kappa shape index (κ1) is 13.5. The normalized spacial score (nSPS) is 13.7. The van der Waals surface area contributed by atoms with Crippen LogP contribution in [0.1, 0.15) is 16.8 Å². The average molecular weight is 284 g/mol. The Morgan fingerprint density at radius 1 is 1.42 bits per heavy atom. The first-order valence-electron chi connectivity index (χ1n) is 5.35. The lowest BCUT2D eigenvalue weighted by Crippen LogP contribution is -2.33. The minimum Gasteiger partial charge on any atom is -0.356 e. The molecule has 1 aliphatic heterocycles. The summed E-state index contributed by atoms with van der Waals surface area (Å²) in [7, 11) is 0. The molecule has 0 unspecified atom stereocenters. The van der Waals surface area contributed by atoms with Crippen molar-refractivity contribution in [1.29, 1.82) is 0 Å². The highest BCUT2D eigenvalue weighted by molar-refractivity contribution is 6.52. The number of hydrogen-bond acceptors (Lipinski definition) is 6. The highest BCUT2D eigenvalue weighted by atomic mass is 35.5. The summed E-state index contributed by atoms with van der Waals surface area (Å²) < 4.78 is 0. The third-order valence-corrected chi connectivity index (χ3v) is 2.88. The molecule has 0 radical (unpaired) electrons. The van der Waals surface area contributed by atoms with Crippen LogP contribution in [-0.2, 0) is 14.4 Å². The van der Waals surface area contributed by atoms with Crippen LogP contribution >= 0.6 is 11.6 Å². The summed E-state index contributed by atoms with van der Waals surface area (Å²) in [6, 6.07) is 4.52. The van der Waals surface area contributed by atoms with Crippen molar-refractivity contribution in [3.63, 3.8) is 0 Å². The molecule has 1 aromatic rings. The molecule has 1 aromatic carbocycles. The highest BCUT2D eigenvalue weighted by Gasteiger charge is 2.35. The Morgan fingerprint density at radius 2 is 2.16 bits per heavy atom. The number of nitrogens with zero attached hydrogens (tertiary/aromatic N) is 1. The molecule has 0 atom stereocenters. The highest BCUT2D eigenvalue weighted by Crippen LogP contribution is 2.31. The number of anilines is 1. The van der Waals surface area contributed by atoms with Gasteiger partial charge in [0, 0.05) is 11.6 Å². The Balaban J connectivity index is 2.18. The molecule has 8 heteroatoms. The minimum atomic E-state index is -0.689. The van der Waals surface area contributed by atoms with Crippen LogP contribution in [-0.4, -0.2) is 24.2 Å². The molecule has 0 aromatic heterocycles. The molecule has 19 heavy (non-hydrogen) atoms. The fourth-order valence-corrected chi connectivity index (χ4v) is 1.98. The fraction of sp³-hybridized carbons (Fsp3) is 0.182. The first-order chi connectivity index (χ1) is 9.04. The lowest BCUT2D eigenvalue weighted by atomic mass is 10.1. The molecule has 2 rings (SSSR count). The Hall–Kier alpha value is -1.96. The second kappa shape index (κ2) is 5.35. The van der Waals surface area contributed by atoms with Gasteiger partial charge in [0.1, 0.15) is 0 Å². The van der Waals surface area contributed by atoms with Crippen LogP contribution in [0.2, 0.25) is 5.02 Å². The van der Waals surface area contributed by atoms with E-state index in [0.717, 1.165) is 0 Å². The van der Waals surface area contributed by atoms with Gasteiger partial charge in [0.05, 0.1) is 17.7 Å². The Kier molecular flexibility index (Phi) is 3.79. The van der Waals surface area contributed by atoms with Crippen LogP contribution in [0.15, 0.2) is 18.2 Å². The van der Waals surface area contributed by atoms with Crippen LogP contribution in [0.3, 0.4) is 0 Å². The van der Waals surface area contributed by atoms with Crippen LogP contribution in [0.4, 0.5) is 5.69 Å². The molecular weight excluding hydrogens is 274 g/mol. The lowest BCUT2D eigenvalue weighted by molar-refractivity contribution is -0.150. The van der Waals surface area contributed by atoms with Crippen molar-refractivity contribution >= 4 is 34.9 Å². The fourth-order valence-electron chi connectivity index (χ4n) is 1.81.